The fourth-order valence-electron chi connectivity index (χ4n) is 4.05. The second-order valence-electron chi connectivity index (χ2n) is 8.25. The Morgan fingerprint density at radius 2 is 1.57 bits per heavy atom. The fourth-order valence-corrected chi connectivity index (χ4v) is 4.05. The normalized spacial score (nSPS) is 10.6. The van der Waals surface area contributed by atoms with Crippen molar-refractivity contribution >= 4 is 17.5 Å². The minimum Gasteiger partial charge on any atom is -0.493 e. The number of para-hydroxylation sites is 1. The van der Waals surface area contributed by atoms with Gasteiger partial charge in [0.25, 0.3) is 11.8 Å². The monoisotopic (exact) mass is 498 g/mol. The van der Waals surface area contributed by atoms with Crippen LogP contribution in [0.5, 0.6) is 11.5 Å². The van der Waals surface area contributed by atoms with Crippen LogP contribution >= 0.6 is 0 Å². The standard InChI is InChI=1S/C29H30N4O4/c1-5-32(6-2)29(35)20-12-15-22(16-13-20)30-28(34)27-24(19-33(31-27)23-10-8-7-9-11-23)21-14-17-25(36-3)26(18-21)37-4/h7-19H,5-6H2,1-4H3,(H,30,34). The van der Waals surface area contributed by atoms with Gasteiger partial charge < -0.3 is 19.7 Å². The van der Waals surface area contributed by atoms with Crippen LogP contribution in [-0.2, 0) is 0 Å². The third-order valence-electron chi connectivity index (χ3n) is 6.08. The van der Waals surface area contributed by atoms with Gasteiger partial charge in [-0.05, 0) is 67.9 Å². The van der Waals surface area contributed by atoms with Crippen LogP contribution in [0.4, 0.5) is 5.69 Å². The number of amides is 2. The molecule has 0 aliphatic carbocycles. The van der Waals surface area contributed by atoms with E-state index >= 15 is 0 Å². The molecule has 0 atom stereocenters. The summed E-state index contributed by atoms with van der Waals surface area (Å²) in [6.45, 7) is 5.16. The molecule has 37 heavy (non-hydrogen) atoms. The number of carbonyl (C=O) groups is 2. The Morgan fingerprint density at radius 1 is 0.892 bits per heavy atom. The van der Waals surface area contributed by atoms with Crippen LogP contribution in [0.2, 0.25) is 0 Å². The van der Waals surface area contributed by atoms with E-state index in [0.29, 0.717) is 41.4 Å². The molecule has 0 saturated carbocycles. The zero-order chi connectivity index (χ0) is 26.4. The summed E-state index contributed by atoms with van der Waals surface area (Å²) in [6.07, 6.45) is 1.82. The predicted octanol–water partition coefficient (Wildman–Crippen LogP) is 5.29. The van der Waals surface area contributed by atoms with E-state index in [1.54, 1.807) is 54.1 Å². The largest absolute Gasteiger partial charge is 0.493 e. The molecule has 4 aromatic rings. The number of hydrogen-bond donors (Lipinski definition) is 1. The van der Waals surface area contributed by atoms with Crippen LogP contribution in [0.1, 0.15) is 34.7 Å². The minimum atomic E-state index is -0.373. The summed E-state index contributed by atoms with van der Waals surface area (Å²) in [6, 6.07) is 21.9. The maximum Gasteiger partial charge on any atom is 0.276 e. The summed E-state index contributed by atoms with van der Waals surface area (Å²) in [5.74, 6) is 0.724. The first-order chi connectivity index (χ1) is 18.0. The SMILES string of the molecule is CCN(CC)C(=O)c1ccc(NC(=O)c2nn(-c3ccccc3)cc2-c2ccc(OC)c(OC)c2)cc1. The molecule has 0 bridgehead atoms. The van der Waals surface area contributed by atoms with E-state index in [1.165, 1.54) is 0 Å². The molecule has 0 aliphatic heterocycles. The van der Waals surface area contributed by atoms with E-state index in [9.17, 15) is 9.59 Å². The Hall–Kier alpha value is -4.59. The molecule has 0 saturated heterocycles. The molecular formula is C29H30N4O4. The van der Waals surface area contributed by atoms with Crippen molar-refractivity contribution in [2.75, 3.05) is 32.6 Å². The first-order valence-electron chi connectivity index (χ1n) is 12.1. The molecular weight excluding hydrogens is 468 g/mol. The van der Waals surface area contributed by atoms with Gasteiger partial charge in [0.05, 0.1) is 19.9 Å². The molecule has 8 nitrogen and oxygen atoms in total. The van der Waals surface area contributed by atoms with Crippen molar-refractivity contribution in [1.29, 1.82) is 0 Å². The van der Waals surface area contributed by atoms with Crippen molar-refractivity contribution in [3.63, 3.8) is 0 Å². The van der Waals surface area contributed by atoms with Gasteiger partial charge in [0, 0.05) is 36.1 Å². The number of hydrogen-bond acceptors (Lipinski definition) is 5. The van der Waals surface area contributed by atoms with Crippen LogP contribution in [-0.4, -0.2) is 53.8 Å². The topological polar surface area (TPSA) is 85.7 Å². The van der Waals surface area contributed by atoms with Crippen molar-refractivity contribution in [3.8, 4) is 28.3 Å². The highest BCUT2D eigenvalue weighted by atomic mass is 16.5. The van der Waals surface area contributed by atoms with Crippen molar-refractivity contribution in [2.24, 2.45) is 0 Å². The van der Waals surface area contributed by atoms with Crippen LogP contribution in [0.15, 0.2) is 79.0 Å². The molecule has 0 fully saturated rings. The number of anilines is 1. The number of benzene rings is 3. The number of aromatic nitrogens is 2. The molecule has 2 amide bonds. The zero-order valence-electron chi connectivity index (χ0n) is 21.4. The van der Waals surface area contributed by atoms with Crippen LogP contribution in [0, 0.1) is 0 Å². The Bertz CT molecular complexity index is 1380. The Balaban J connectivity index is 1.67. The number of nitrogens with zero attached hydrogens (tertiary/aromatic N) is 3. The van der Waals surface area contributed by atoms with E-state index in [2.05, 4.69) is 10.4 Å². The molecule has 1 heterocycles. The van der Waals surface area contributed by atoms with E-state index in [4.69, 9.17) is 9.47 Å². The fraction of sp³-hybridized carbons (Fsp3) is 0.207. The maximum atomic E-state index is 13.4. The third-order valence-corrected chi connectivity index (χ3v) is 6.08. The Labute approximate surface area is 216 Å². The first-order valence-corrected chi connectivity index (χ1v) is 12.1. The molecule has 8 heteroatoms. The van der Waals surface area contributed by atoms with E-state index in [1.807, 2.05) is 62.5 Å². The van der Waals surface area contributed by atoms with Gasteiger partial charge in [0.1, 0.15) is 0 Å². The average Bonchev–Trinajstić information content (AvgIpc) is 3.40. The van der Waals surface area contributed by atoms with Crippen molar-refractivity contribution in [1.82, 2.24) is 14.7 Å². The van der Waals surface area contributed by atoms with Gasteiger partial charge in [-0.25, -0.2) is 4.68 Å². The summed E-state index contributed by atoms with van der Waals surface area (Å²) in [5, 5.41) is 7.53. The zero-order valence-corrected chi connectivity index (χ0v) is 21.4. The molecule has 190 valence electrons. The molecule has 4 rings (SSSR count). The van der Waals surface area contributed by atoms with Gasteiger partial charge in [-0.3, -0.25) is 9.59 Å². The number of nitrogens with one attached hydrogen (secondary N) is 1. The van der Waals surface area contributed by atoms with Gasteiger partial charge in [0.2, 0.25) is 0 Å². The quantitative estimate of drug-likeness (QED) is 0.339. The molecule has 0 radical (unpaired) electrons. The van der Waals surface area contributed by atoms with E-state index in [-0.39, 0.29) is 17.5 Å². The summed E-state index contributed by atoms with van der Waals surface area (Å²) in [4.78, 5) is 27.8. The van der Waals surface area contributed by atoms with Crippen LogP contribution in [0.3, 0.4) is 0 Å². The van der Waals surface area contributed by atoms with Gasteiger partial charge in [0.15, 0.2) is 17.2 Å². The molecule has 0 unspecified atom stereocenters. The predicted molar refractivity (Wildman–Crippen MR) is 144 cm³/mol. The highest BCUT2D eigenvalue weighted by Gasteiger charge is 2.21. The lowest BCUT2D eigenvalue weighted by atomic mass is 10.1. The highest BCUT2D eigenvalue weighted by molar-refractivity contribution is 6.07. The molecule has 0 spiro atoms. The van der Waals surface area contributed by atoms with Crippen molar-refractivity contribution in [2.45, 2.75) is 13.8 Å². The first kappa shape index (κ1) is 25.5. The van der Waals surface area contributed by atoms with Gasteiger partial charge in [-0.2, -0.15) is 5.10 Å². The molecule has 1 N–H and O–H groups in total. The van der Waals surface area contributed by atoms with E-state index < -0.39 is 0 Å². The maximum absolute atomic E-state index is 13.4. The summed E-state index contributed by atoms with van der Waals surface area (Å²) < 4.78 is 12.5. The lowest BCUT2D eigenvalue weighted by Crippen LogP contribution is -2.30. The lowest BCUT2D eigenvalue weighted by molar-refractivity contribution is 0.0773. The average molecular weight is 499 g/mol. The smallest absolute Gasteiger partial charge is 0.276 e. The Morgan fingerprint density at radius 3 is 2.19 bits per heavy atom. The summed E-state index contributed by atoms with van der Waals surface area (Å²) in [7, 11) is 3.14. The number of ether oxygens (including phenoxy) is 2. The van der Waals surface area contributed by atoms with Gasteiger partial charge in [-0.1, -0.05) is 24.3 Å². The summed E-state index contributed by atoms with van der Waals surface area (Å²) in [5.41, 5.74) is 3.59. The highest BCUT2D eigenvalue weighted by Crippen LogP contribution is 2.34. The van der Waals surface area contributed by atoms with Crippen LogP contribution < -0.4 is 14.8 Å². The Kier molecular flexibility index (Phi) is 7.88. The number of rotatable bonds is 9. The second-order valence-corrected chi connectivity index (χ2v) is 8.25. The minimum absolute atomic E-state index is 0.0415. The van der Waals surface area contributed by atoms with Gasteiger partial charge in [-0.15, -0.1) is 0 Å². The third kappa shape index (κ3) is 5.48. The van der Waals surface area contributed by atoms with Crippen LogP contribution in [0.25, 0.3) is 16.8 Å². The molecule has 3 aromatic carbocycles. The molecule has 0 aliphatic rings. The number of carbonyl (C=O) groups excluding carboxylic acids is 2. The summed E-state index contributed by atoms with van der Waals surface area (Å²) >= 11 is 0. The number of methoxy groups -OCH3 is 2. The van der Waals surface area contributed by atoms with Crippen molar-refractivity contribution in [3.05, 3.63) is 90.3 Å². The van der Waals surface area contributed by atoms with E-state index in [0.717, 1.165) is 11.3 Å². The lowest BCUT2D eigenvalue weighted by Gasteiger charge is -2.18. The molecule has 1 aromatic heterocycles. The van der Waals surface area contributed by atoms with Gasteiger partial charge >= 0.3 is 0 Å². The van der Waals surface area contributed by atoms with Crippen molar-refractivity contribution < 1.29 is 19.1 Å². The second kappa shape index (κ2) is 11.4.